The van der Waals surface area contributed by atoms with Gasteiger partial charge in [0, 0.05) is 0 Å². The summed E-state index contributed by atoms with van der Waals surface area (Å²) >= 11 is 0. The molecule has 0 atom stereocenters. The summed E-state index contributed by atoms with van der Waals surface area (Å²) in [6.07, 6.45) is 0. The molecular weight excluding hydrogens is 528 g/mol. The molecule has 0 unspecified atom stereocenters. The molecule has 0 spiro atoms. The van der Waals surface area contributed by atoms with E-state index in [1.54, 1.807) is 0 Å². The molecule has 0 aliphatic heterocycles. The van der Waals surface area contributed by atoms with E-state index in [2.05, 4.69) is 182 Å². The van der Waals surface area contributed by atoms with Crippen molar-refractivity contribution in [1.82, 2.24) is 0 Å². The van der Waals surface area contributed by atoms with E-state index in [0.29, 0.717) is 0 Å². The van der Waals surface area contributed by atoms with Gasteiger partial charge in [-0.1, -0.05) is 182 Å². The Bertz CT molecular complexity index is 1200. The summed E-state index contributed by atoms with van der Waals surface area (Å²) in [7, 11) is -0.892. The Hall–Kier alpha value is -2.69. The van der Waals surface area contributed by atoms with E-state index >= 15 is 0 Å². The molecule has 6 aromatic carbocycles. The van der Waals surface area contributed by atoms with Crippen LogP contribution in [0.25, 0.3) is 0 Å². The van der Waals surface area contributed by atoms with Gasteiger partial charge in [0.1, 0.15) is 0 Å². The van der Waals surface area contributed by atoms with E-state index in [4.69, 9.17) is 0 Å². The zero-order chi connectivity index (χ0) is 25.8. The van der Waals surface area contributed by atoms with Crippen LogP contribution in [0.2, 0.25) is 0 Å². The molecular formula is C36H34AlLiP2. The van der Waals surface area contributed by atoms with Gasteiger partial charge in [-0.05, 0) is 47.7 Å². The summed E-state index contributed by atoms with van der Waals surface area (Å²) < 4.78 is 0. The molecule has 6 aromatic rings. The van der Waals surface area contributed by atoms with E-state index in [-0.39, 0.29) is 41.9 Å². The first-order valence-corrected chi connectivity index (χ1v) is 15.5. The van der Waals surface area contributed by atoms with Gasteiger partial charge in [-0.2, -0.15) is 0 Å². The number of hydrogen-bond acceptors (Lipinski definition) is 0. The molecule has 0 nitrogen and oxygen atoms in total. The van der Waals surface area contributed by atoms with Gasteiger partial charge in [0.2, 0.25) is 0 Å². The minimum atomic E-state index is -0.446. The van der Waals surface area contributed by atoms with Crippen LogP contribution in [0.4, 0.5) is 0 Å². The van der Waals surface area contributed by atoms with Crippen LogP contribution in [0.15, 0.2) is 182 Å². The minimum absolute atomic E-state index is 0. The molecule has 6 rings (SSSR count). The maximum absolute atomic E-state index is 2.23. The van der Waals surface area contributed by atoms with Crippen LogP contribution in [0.1, 0.15) is 5.71 Å². The largest absolute Gasteiger partial charge is 3.00 e. The number of rotatable bonds is 6. The zero-order valence-electron chi connectivity index (χ0n) is 26.8. The van der Waals surface area contributed by atoms with Gasteiger partial charge in [-0.25, -0.2) is 0 Å². The third kappa shape index (κ3) is 8.65. The van der Waals surface area contributed by atoms with Crippen LogP contribution < -0.4 is 50.7 Å². The summed E-state index contributed by atoms with van der Waals surface area (Å²) in [6, 6.07) is 64.7. The second-order valence-electron chi connectivity index (χ2n) is 8.68. The first kappa shape index (κ1) is 31.8. The molecule has 4 heteroatoms. The van der Waals surface area contributed by atoms with Crippen molar-refractivity contribution in [1.29, 1.82) is 0 Å². The number of benzene rings is 6. The molecule has 40 heavy (non-hydrogen) atoms. The van der Waals surface area contributed by atoms with Gasteiger partial charge < -0.3 is 5.71 Å². The van der Waals surface area contributed by atoms with Crippen molar-refractivity contribution in [2.75, 3.05) is 0 Å². The molecule has 192 valence electrons. The Morgan fingerprint density at radius 2 is 0.375 bits per heavy atom. The molecule has 0 aliphatic rings. The minimum Gasteiger partial charge on any atom is -1.00 e. The van der Waals surface area contributed by atoms with Crippen molar-refractivity contribution in [3.05, 3.63) is 182 Å². The van der Waals surface area contributed by atoms with Crippen LogP contribution >= 0.6 is 15.8 Å². The standard InChI is InChI=1S/2C18H15P.Al.Li.4H/c2*1-4-10-16(11-5-1)19(17-12-6-2-7-13-17)18-14-8-3-9-15-18;;;;;;/h2*1-15H;;;;;;/q;;+3;+1;4*-1. The van der Waals surface area contributed by atoms with Crippen LogP contribution in [-0.4, -0.2) is 17.4 Å². The molecule has 0 amide bonds. The summed E-state index contributed by atoms with van der Waals surface area (Å²) in [5, 5.41) is 8.39. The van der Waals surface area contributed by atoms with E-state index in [1.807, 2.05) is 0 Å². The average molecular weight is 563 g/mol. The summed E-state index contributed by atoms with van der Waals surface area (Å²) in [5.41, 5.74) is 0. The fraction of sp³-hybridized carbons (Fsp3) is 0. The quantitative estimate of drug-likeness (QED) is 0.213. The van der Waals surface area contributed by atoms with Gasteiger partial charge in [0.15, 0.2) is 0 Å². The van der Waals surface area contributed by atoms with E-state index in [9.17, 15) is 0 Å². The topological polar surface area (TPSA) is 0 Å². The first-order valence-electron chi connectivity index (χ1n) is 12.8. The van der Waals surface area contributed by atoms with Gasteiger partial charge in [-0.3, -0.25) is 0 Å². The van der Waals surface area contributed by atoms with Crippen molar-refractivity contribution < 1.29 is 24.6 Å². The van der Waals surface area contributed by atoms with Crippen LogP contribution in [0.3, 0.4) is 0 Å². The molecule has 0 saturated carbocycles. The summed E-state index contributed by atoms with van der Waals surface area (Å²) in [6.45, 7) is 0. The Labute approximate surface area is 270 Å². The van der Waals surface area contributed by atoms with Crippen molar-refractivity contribution in [3.8, 4) is 0 Å². The second kappa shape index (κ2) is 17.2. The van der Waals surface area contributed by atoms with Crippen LogP contribution in [-0.2, 0) is 0 Å². The predicted octanol–water partition coefficient (Wildman–Crippen LogP) is 3.96. The van der Waals surface area contributed by atoms with Crippen molar-refractivity contribution in [2.24, 2.45) is 0 Å². The second-order valence-corrected chi connectivity index (χ2v) is 13.1. The Morgan fingerprint density at radius 1 is 0.250 bits per heavy atom. The molecule has 0 bridgehead atoms. The molecule has 0 radical (unpaired) electrons. The van der Waals surface area contributed by atoms with Gasteiger partial charge >= 0.3 is 36.2 Å². The predicted molar refractivity (Wildman–Crippen MR) is 180 cm³/mol. The Kier molecular flexibility index (Phi) is 13.7. The van der Waals surface area contributed by atoms with Crippen molar-refractivity contribution in [3.63, 3.8) is 0 Å². The maximum Gasteiger partial charge on any atom is 3.00 e. The van der Waals surface area contributed by atoms with Gasteiger partial charge in [-0.15, -0.1) is 0 Å². The smallest absolute Gasteiger partial charge is 1.00 e. The molecule has 0 heterocycles. The van der Waals surface area contributed by atoms with Gasteiger partial charge in [0.05, 0.1) is 0 Å². The number of hydrogen-bond donors (Lipinski definition) is 0. The molecule has 0 N–H and O–H groups in total. The monoisotopic (exact) mass is 562 g/mol. The Morgan fingerprint density at radius 3 is 0.500 bits per heavy atom. The SMILES string of the molecule is [Al+3].[H-].[H-].[H-].[H-].[Li+].c1ccc(P(c2ccccc2)c2ccccc2)cc1.c1ccc(P(c2ccccc2)c2ccccc2)cc1. The van der Waals surface area contributed by atoms with Crippen molar-refractivity contribution in [2.45, 2.75) is 0 Å². The Balaban J connectivity index is 0. The van der Waals surface area contributed by atoms with Crippen LogP contribution in [0, 0.1) is 0 Å². The maximum atomic E-state index is 2.23. The summed E-state index contributed by atoms with van der Waals surface area (Å²) in [5.74, 6) is 0. The third-order valence-electron chi connectivity index (χ3n) is 6.09. The molecule has 0 fully saturated rings. The first-order chi connectivity index (χ1) is 18.9. The zero-order valence-corrected chi connectivity index (χ0v) is 25.7. The molecule has 0 aliphatic carbocycles. The van der Waals surface area contributed by atoms with Gasteiger partial charge in [0.25, 0.3) is 0 Å². The van der Waals surface area contributed by atoms with E-state index < -0.39 is 15.8 Å². The van der Waals surface area contributed by atoms with Crippen LogP contribution in [0.5, 0.6) is 0 Å². The normalized spacial score (nSPS) is 10.1. The van der Waals surface area contributed by atoms with E-state index in [0.717, 1.165) is 0 Å². The fourth-order valence-electron chi connectivity index (χ4n) is 4.36. The average Bonchev–Trinajstić information content (AvgIpc) is 3.01. The molecule has 0 saturated heterocycles. The summed E-state index contributed by atoms with van der Waals surface area (Å²) in [4.78, 5) is 0. The third-order valence-corrected chi connectivity index (χ3v) is 11.0. The van der Waals surface area contributed by atoms with Crippen molar-refractivity contribution >= 4 is 65.0 Å². The molecule has 0 aromatic heterocycles. The fourth-order valence-corrected chi connectivity index (χ4v) is 8.97. The van der Waals surface area contributed by atoms with E-state index in [1.165, 1.54) is 31.8 Å².